The number of fused-ring (bicyclic) bond motifs is 2. The first-order valence-electron chi connectivity index (χ1n) is 4.15. The van der Waals surface area contributed by atoms with Crippen LogP contribution in [0.5, 0.6) is 0 Å². The average molecular weight is 185 g/mol. The van der Waals surface area contributed by atoms with Gasteiger partial charge in [-0.05, 0) is 22.9 Å². The molecule has 0 amide bonds. The zero-order valence-electron chi connectivity index (χ0n) is 6.90. The Bertz CT molecular complexity index is 519. The normalized spacial score (nSPS) is 11.1. The highest BCUT2D eigenvalue weighted by molar-refractivity contribution is 7.16. The lowest BCUT2D eigenvalue weighted by molar-refractivity contribution is 1.51. The van der Waals surface area contributed by atoms with Crippen LogP contribution in [0.4, 0.5) is 0 Å². The first kappa shape index (κ1) is 7.04. The molecule has 3 rings (SSSR count). The molecule has 0 aliphatic rings. The maximum atomic E-state index is 4.29. The van der Waals surface area contributed by atoms with Gasteiger partial charge in [0, 0.05) is 0 Å². The van der Waals surface area contributed by atoms with Crippen molar-refractivity contribution in [3.05, 3.63) is 41.9 Å². The Kier molecular flexibility index (Phi) is 1.37. The monoisotopic (exact) mass is 185 g/mol. The Morgan fingerprint density at radius 1 is 1.00 bits per heavy atom. The molecule has 0 aliphatic heterocycles. The number of hydrogen-bond acceptors (Lipinski definition) is 2. The van der Waals surface area contributed by atoms with Crippen LogP contribution in [0, 0.1) is 0 Å². The van der Waals surface area contributed by atoms with Crippen molar-refractivity contribution in [1.29, 1.82) is 0 Å². The predicted octanol–water partition coefficient (Wildman–Crippen LogP) is 3.45. The van der Waals surface area contributed by atoms with Gasteiger partial charge in [0.1, 0.15) is 0 Å². The first-order chi connectivity index (χ1) is 6.43. The summed E-state index contributed by atoms with van der Waals surface area (Å²) in [7, 11) is 0. The molecule has 0 atom stereocenters. The van der Waals surface area contributed by atoms with Crippen molar-refractivity contribution in [3.8, 4) is 0 Å². The van der Waals surface area contributed by atoms with Crippen LogP contribution in [0.15, 0.2) is 41.9 Å². The van der Waals surface area contributed by atoms with E-state index in [1.165, 1.54) is 15.5 Å². The van der Waals surface area contributed by atoms with Crippen LogP contribution in [-0.2, 0) is 0 Å². The highest BCUT2D eigenvalue weighted by atomic mass is 32.1. The minimum atomic E-state index is 1.10. The Hall–Kier alpha value is -1.41. The van der Waals surface area contributed by atoms with Gasteiger partial charge in [-0.3, -0.25) is 0 Å². The molecule has 0 N–H and O–H groups in total. The molecule has 0 unspecified atom stereocenters. The summed E-state index contributed by atoms with van der Waals surface area (Å²) >= 11 is 1.69. The van der Waals surface area contributed by atoms with Crippen molar-refractivity contribution in [1.82, 2.24) is 4.98 Å². The van der Waals surface area contributed by atoms with E-state index in [1.54, 1.807) is 11.3 Å². The number of benzene rings is 2. The van der Waals surface area contributed by atoms with Gasteiger partial charge < -0.3 is 0 Å². The van der Waals surface area contributed by atoms with Crippen molar-refractivity contribution in [2.24, 2.45) is 0 Å². The molecule has 1 nitrogen and oxygen atoms in total. The summed E-state index contributed by atoms with van der Waals surface area (Å²) in [4.78, 5) is 4.29. The highest BCUT2D eigenvalue weighted by Crippen LogP contribution is 2.24. The largest absolute Gasteiger partial charge is 0.245 e. The molecule has 0 spiro atoms. The minimum Gasteiger partial charge on any atom is -0.245 e. The van der Waals surface area contributed by atoms with Gasteiger partial charge in [-0.2, -0.15) is 0 Å². The van der Waals surface area contributed by atoms with E-state index >= 15 is 0 Å². The SMILES string of the molecule is c1ccc2cc3scnc3cc2c1. The summed E-state index contributed by atoms with van der Waals surface area (Å²) in [5, 5.41) is 2.56. The van der Waals surface area contributed by atoms with E-state index in [0.717, 1.165) is 5.52 Å². The number of hydrogen-bond donors (Lipinski definition) is 0. The van der Waals surface area contributed by atoms with E-state index < -0.39 is 0 Å². The summed E-state index contributed by atoms with van der Waals surface area (Å²) < 4.78 is 1.26. The Balaban J connectivity index is 2.57. The van der Waals surface area contributed by atoms with Gasteiger partial charge >= 0.3 is 0 Å². The zero-order valence-corrected chi connectivity index (χ0v) is 7.71. The van der Waals surface area contributed by atoms with Crippen LogP contribution in [0.25, 0.3) is 21.0 Å². The average Bonchev–Trinajstić information content (AvgIpc) is 2.61. The fourth-order valence-electron chi connectivity index (χ4n) is 1.54. The smallest absolute Gasteiger partial charge is 0.0818 e. The van der Waals surface area contributed by atoms with Gasteiger partial charge in [-0.1, -0.05) is 24.3 Å². The molecule has 13 heavy (non-hydrogen) atoms. The number of nitrogens with zero attached hydrogens (tertiary/aromatic N) is 1. The molecule has 62 valence electrons. The van der Waals surface area contributed by atoms with E-state index in [0.29, 0.717) is 0 Å². The van der Waals surface area contributed by atoms with E-state index in [2.05, 4.69) is 41.4 Å². The molecule has 0 fully saturated rings. The second-order valence-electron chi connectivity index (χ2n) is 3.02. The Morgan fingerprint density at radius 3 is 2.62 bits per heavy atom. The lowest BCUT2D eigenvalue weighted by Crippen LogP contribution is -1.71. The zero-order chi connectivity index (χ0) is 8.67. The van der Waals surface area contributed by atoms with E-state index in [4.69, 9.17) is 0 Å². The van der Waals surface area contributed by atoms with Crippen molar-refractivity contribution >= 4 is 32.3 Å². The standard InChI is InChI=1S/C11H7NS/c1-2-4-9-6-11-10(12-7-13-11)5-8(9)3-1/h1-7H. The second-order valence-corrected chi connectivity index (χ2v) is 3.91. The molecule has 1 aromatic heterocycles. The van der Waals surface area contributed by atoms with Crippen LogP contribution < -0.4 is 0 Å². The van der Waals surface area contributed by atoms with Crippen LogP contribution in [-0.4, -0.2) is 4.98 Å². The Labute approximate surface area is 79.7 Å². The number of rotatable bonds is 0. The molecule has 3 aromatic rings. The summed E-state index contributed by atoms with van der Waals surface area (Å²) in [6.45, 7) is 0. The van der Waals surface area contributed by atoms with E-state index in [9.17, 15) is 0 Å². The van der Waals surface area contributed by atoms with Gasteiger partial charge in [0.25, 0.3) is 0 Å². The quantitative estimate of drug-likeness (QED) is 0.522. The van der Waals surface area contributed by atoms with Gasteiger partial charge in [0.2, 0.25) is 0 Å². The summed E-state index contributed by atoms with van der Waals surface area (Å²) in [5.74, 6) is 0. The molecule has 1 heterocycles. The summed E-state index contributed by atoms with van der Waals surface area (Å²) in [6, 6.07) is 12.7. The van der Waals surface area contributed by atoms with Crippen LogP contribution in [0.1, 0.15) is 0 Å². The molecule has 0 saturated heterocycles. The summed E-state index contributed by atoms with van der Waals surface area (Å²) in [6.07, 6.45) is 0. The molecular weight excluding hydrogens is 178 g/mol. The van der Waals surface area contributed by atoms with E-state index in [1.807, 2.05) is 5.51 Å². The van der Waals surface area contributed by atoms with Gasteiger partial charge in [-0.25, -0.2) is 4.98 Å². The molecule has 0 radical (unpaired) electrons. The molecule has 2 heteroatoms. The van der Waals surface area contributed by atoms with Gasteiger partial charge in [0.05, 0.1) is 15.7 Å². The lowest BCUT2D eigenvalue weighted by atomic mass is 10.1. The maximum absolute atomic E-state index is 4.29. The van der Waals surface area contributed by atoms with Crippen LogP contribution in [0.3, 0.4) is 0 Å². The van der Waals surface area contributed by atoms with Crippen LogP contribution >= 0.6 is 11.3 Å². The minimum absolute atomic E-state index is 1.10. The first-order valence-corrected chi connectivity index (χ1v) is 5.03. The van der Waals surface area contributed by atoms with Crippen molar-refractivity contribution < 1.29 is 0 Å². The predicted molar refractivity (Wildman–Crippen MR) is 57.1 cm³/mol. The third-order valence-corrected chi connectivity index (χ3v) is 2.99. The molecule has 0 aliphatic carbocycles. The fourth-order valence-corrected chi connectivity index (χ4v) is 2.25. The Morgan fingerprint density at radius 2 is 1.77 bits per heavy atom. The van der Waals surface area contributed by atoms with Crippen LogP contribution in [0.2, 0.25) is 0 Å². The lowest BCUT2D eigenvalue weighted by Gasteiger charge is -1.95. The molecule has 0 bridgehead atoms. The molecule has 0 saturated carbocycles. The van der Waals surface area contributed by atoms with Crippen molar-refractivity contribution in [3.63, 3.8) is 0 Å². The second kappa shape index (κ2) is 2.54. The van der Waals surface area contributed by atoms with Gasteiger partial charge in [-0.15, -0.1) is 11.3 Å². The topological polar surface area (TPSA) is 12.9 Å². The third-order valence-electron chi connectivity index (χ3n) is 2.20. The third kappa shape index (κ3) is 1.03. The highest BCUT2D eigenvalue weighted by Gasteiger charge is 1.98. The van der Waals surface area contributed by atoms with Crippen molar-refractivity contribution in [2.45, 2.75) is 0 Å². The van der Waals surface area contributed by atoms with Gasteiger partial charge in [0.15, 0.2) is 0 Å². The molecule has 2 aromatic carbocycles. The maximum Gasteiger partial charge on any atom is 0.0818 e. The number of aromatic nitrogens is 1. The number of thiazole rings is 1. The summed E-state index contributed by atoms with van der Waals surface area (Å²) in [5.41, 5.74) is 2.99. The van der Waals surface area contributed by atoms with E-state index in [-0.39, 0.29) is 0 Å². The fraction of sp³-hybridized carbons (Fsp3) is 0. The molecular formula is C11H7NS. The van der Waals surface area contributed by atoms with Crippen molar-refractivity contribution in [2.75, 3.05) is 0 Å².